The Labute approximate surface area is 145 Å². The van der Waals surface area contributed by atoms with Gasteiger partial charge >= 0.3 is 0 Å². The van der Waals surface area contributed by atoms with Gasteiger partial charge in [-0.2, -0.15) is 0 Å². The van der Waals surface area contributed by atoms with E-state index < -0.39 is 0 Å². The van der Waals surface area contributed by atoms with Crippen molar-refractivity contribution < 1.29 is 9.59 Å². The summed E-state index contributed by atoms with van der Waals surface area (Å²) < 4.78 is 0. The number of hydrogen-bond donors (Lipinski definition) is 1. The minimum Gasteiger partial charge on any atom is -0.352 e. The van der Waals surface area contributed by atoms with Gasteiger partial charge < -0.3 is 10.2 Å². The number of rotatable bonds is 1. The summed E-state index contributed by atoms with van der Waals surface area (Å²) in [6.45, 7) is 1.90. The molecule has 4 rings (SSSR count). The third-order valence-electron chi connectivity index (χ3n) is 5.31. The maximum absolute atomic E-state index is 12.8. The van der Waals surface area contributed by atoms with Gasteiger partial charge in [-0.1, -0.05) is 30.3 Å². The van der Waals surface area contributed by atoms with Gasteiger partial charge in [0.15, 0.2) is 0 Å². The number of benzene rings is 1. The molecule has 1 fully saturated rings. The number of nitrogens with one attached hydrogen (secondary N) is 1. The topological polar surface area (TPSA) is 49.4 Å². The second kappa shape index (κ2) is 6.06. The van der Waals surface area contributed by atoms with Crippen molar-refractivity contribution in [3.05, 3.63) is 57.8 Å². The van der Waals surface area contributed by atoms with Crippen LogP contribution in [0.25, 0.3) is 0 Å². The molecule has 1 aromatic carbocycles. The normalized spacial score (nSPS) is 19.5. The summed E-state index contributed by atoms with van der Waals surface area (Å²) in [6, 6.07) is 12.0. The second-order valence-electron chi connectivity index (χ2n) is 6.68. The zero-order chi connectivity index (χ0) is 16.6. The Morgan fingerprint density at radius 3 is 2.54 bits per heavy atom. The number of hydrogen-bond acceptors (Lipinski definition) is 3. The molecule has 0 atom stereocenters. The number of thiophene rings is 1. The van der Waals surface area contributed by atoms with Crippen LogP contribution in [-0.2, 0) is 17.8 Å². The molecule has 1 N–H and O–H groups in total. The molecule has 0 radical (unpaired) electrons. The van der Waals surface area contributed by atoms with Crippen LogP contribution in [0.3, 0.4) is 0 Å². The molecule has 5 heteroatoms. The highest BCUT2D eigenvalue weighted by Gasteiger charge is 2.43. The van der Waals surface area contributed by atoms with Crippen LogP contribution in [0.1, 0.15) is 33.6 Å². The van der Waals surface area contributed by atoms with Crippen LogP contribution in [0.4, 0.5) is 0 Å². The van der Waals surface area contributed by atoms with E-state index in [1.807, 2.05) is 34.5 Å². The number of carbonyl (C=O) groups excluding carboxylic acids is 2. The van der Waals surface area contributed by atoms with Gasteiger partial charge in [-0.3, -0.25) is 9.59 Å². The number of piperidine rings is 1. The SMILES string of the molecule is O=C(c1cccs1)N1CCC2(CC1)Cc1ccccc1CNC2=O. The average Bonchev–Trinajstić information content (AvgIpc) is 3.11. The molecule has 0 saturated carbocycles. The monoisotopic (exact) mass is 340 g/mol. The van der Waals surface area contributed by atoms with Gasteiger partial charge in [-0.05, 0) is 41.8 Å². The number of amides is 2. The number of nitrogens with zero attached hydrogens (tertiary/aromatic N) is 1. The molecule has 3 heterocycles. The Balaban J connectivity index is 1.53. The summed E-state index contributed by atoms with van der Waals surface area (Å²) in [5.41, 5.74) is 2.09. The van der Waals surface area contributed by atoms with Gasteiger partial charge in [0.2, 0.25) is 5.91 Å². The molecule has 1 spiro atoms. The maximum Gasteiger partial charge on any atom is 0.263 e. The molecule has 2 amide bonds. The van der Waals surface area contributed by atoms with Crippen molar-refractivity contribution in [2.45, 2.75) is 25.8 Å². The number of likely N-dealkylation sites (tertiary alicyclic amines) is 1. The van der Waals surface area contributed by atoms with Crippen molar-refractivity contribution in [1.82, 2.24) is 10.2 Å². The molecule has 0 aliphatic carbocycles. The molecule has 0 bridgehead atoms. The van der Waals surface area contributed by atoms with E-state index in [-0.39, 0.29) is 17.2 Å². The first kappa shape index (κ1) is 15.4. The fraction of sp³-hybridized carbons (Fsp3) is 0.368. The lowest BCUT2D eigenvalue weighted by atomic mass is 9.73. The maximum atomic E-state index is 12.8. The van der Waals surface area contributed by atoms with Crippen molar-refractivity contribution in [3.63, 3.8) is 0 Å². The van der Waals surface area contributed by atoms with Gasteiger partial charge in [-0.15, -0.1) is 11.3 Å². The first-order valence-electron chi connectivity index (χ1n) is 8.36. The van der Waals surface area contributed by atoms with Crippen molar-refractivity contribution >= 4 is 23.2 Å². The Morgan fingerprint density at radius 1 is 1.08 bits per heavy atom. The first-order valence-corrected chi connectivity index (χ1v) is 9.24. The zero-order valence-electron chi connectivity index (χ0n) is 13.5. The molecular weight excluding hydrogens is 320 g/mol. The summed E-state index contributed by atoms with van der Waals surface area (Å²) in [4.78, 5) is 27.9. The van der Waals surface area contributed by atoms with Crippen LogP contribution in [-0.4, -0.2) is 29.8 Å². The first-order chi connectivity index (χ1) is 11.7. The van der Waals surface area contributed by atoms with Crippen LogP contribution < -0.4 is 5.32 Å². The van der Waals surface area contributed by atoms with E-state index in [1.165, 1.54) is 22.5 Å². The van der Waals surface area contributed by atoms with E-state index in [2.05, 4.69) is 17.4 Å². The summed E-state index contributed by atoms with van der Waals surface area (Å²) in [5.74, 6) is 0.233. The van der Waals surface area contributed by atoms with E-state index in [4.69, 9.17) is 0 Å². The highest BCUT2D eigenvalue weighted by molar-refractivity contribution is 7.12. The van der Waals surface area contributed by atoms with E-state index in [0.717, 1.165) is 24.1 Å². The minimum absolute atomic E-state index is 0.0919. The Bertz CT molecular complexity index is 761. The largest absolute Gasteiger partial charge is 0.352 e. The molecule has 2 aromatic rings. The molecule has 4 nitrogen and oxygen atoms in total. The van der Waals surface area contributed by atoms with Gasteiger partial charge in [0.05, 0.1) is 10.3 Å². The smallest absolute Gasteiger partial charge is 0.263 e. The quantitative estimate of drug-likeness (QED) is 0.868. The van der Waals surface area contributed by atoms with E-state index in [0.29, 0.717) is 19.6 Å². The number of fused-ring (bicyclic) bond motifs is 1. The average molecular weight is 340 g/mol. The Hall–Kier alpha value is -2.14. The van der Waals surface area contributed by atoms with Gasteiger partial charge in [-0.25, -0.2) is 0 Å². The lowest BCUT2D eigenvalue weighted by molar-refractivity contribution is -0.133. The van der Waals surface area contributed by atoms with Crippen molar-refractivity contribution in [3.8, 4) is 0 Å². The second-order valence-corrected chi connectivity index (χ2v) is 7.63. The van der Waals surface area contributed by atoms with Gasteiger partial charge in [0.25, 0.3) is 5.91 Å². The molecule has 24 heavy (non-hydrogen) atoms. The van der Waals surface area contributed by atoms with Crippen LogP contribution >= 0.6 is 11.3 Å². The number of carbonyl (C=O) groups is 2. The third kappa shape index (κ3) is 2.63. The summed E-state index contributed by atoms with van der Waals surface area (Å²) in [5, 5.41) is 5.02. The highest BCUT2D eigenvalue weighted by Crippen LogP contribution is 2.38. The van der Waals surface area contributed by atoms with Crippen LogP contribution in [0.2, 0.25) is 0 Å². The van der Waals surface area contributed by atoms with Gasteiger partial charge in [0.1, 0.15) is 0 Å². The Morgan fingerprint density at radius 2 is 1.83 bits per heavy atom. The lowest BCUT2D eigenvalue weighted by Gasteiger charge is -2.40. The molecule has 124 valence electrons. The molecule has 0 unspecified atom stereocenters. The minimum atomic E-state index is -0.376. The van der Waals surface area contributed by atoms with Gasteiger partial charge in [0, 0.05) is 19.6 Å². The van der Waals surface area contributed by atoms with Crippen molar-refractivity contribution in [2.75, 3.05) is 13.1 Å². The van der Waals surface area contributed by atoms with E-state index in [9.17, 15) is 9.59 Å². The van der Waals surface area contributed by atoms with Crippen molar-refractivity contribution in [2.24, 2.45) is 5.41 Å². The predicted molar refractivity (Wildman–Crippen MR) is 93.9 cm³/mol. The van der Waals surface area contributed by atoms with Crippen LogP contribution in [0.5, 0.6) is 0 Å². The molecular formula is C19H20N2O2S. The predicted octanol–water partition coefficient (Wildman–Crippen LogP) is 2.84. The fourth-order valence-corrected chi connectivity index (χ4v) is 4.50. The fourth-order valence-electron chi connectivity index (χ4n) is 3.81. The highest BCUT2D eigenvalue weighted by atomic mass is 32.1. The lowest BCUT2D eigenvalue weighted by Crippen LogP contribution is -2.50. The molecule has 2 aliphatic heterocycles. The molecule has 1 aromatic heterocycles. The molecule has 1 saturated heterocycles. The Kier molecular flexibility index (Phi) is 3.88. The van der Waals surface area contributed by atoms with E-state index in [1.54, 1.807) is 0 Å². The van der Waals surface area contributed by atoms with E-state index >= 15 is 0 Å². The summed E-state index contributed by atoms with van der Waals surface area (Å²) in [6.07, 6.45) is 2.23. The van der Waals surface area contributed by atoms with Crippen LogP contribution in [0.15, 0.2) is 41.8 Å². The van der Waals surface area contributed by atoms with Crippen LogP contribution in [0, 0.1) is 5.41 Å². The third-order valence-corrected chi connectivity index (χ3v) is 6.17. The summed E-state index contributed by atoms with van der Waals surface area (Å²) in [7, 11) is 0. The molecule has 2 aliphatic rings. The zero-order valence-corrected chi connectivity index (χ0v) is 14.3. The van der Waals surface area contributed by atoms with Crippen molar-refractivity contribution in [1.29, 1.82) is 0 Å². The summed E-state index contributed by atoms with van der Waals surface area (Å²) >= 11 is 1.48. The standard InChI is InChI=1S/C19H20N2O2S/c22-17(16-6-3-11-24-16)21-9-7-19(8-10-21)12-14-4-1-2-5-15(14)13-20-18(19)23/h1-6,11H,7-10,12-13H2,(H,20,23).